The van der Waals surface area contributed by atoms with Crippen LogP contribution >= 0.6 is 0 Å². The topological polar surface area (TPSA) is 47.6 Å². The minimum atomic E-state index is -0.376. The molecule has 0 amide bonds. The highest BCUT2D eigenvalue weighted by atomic mass is 16.5. The molecular formula is C24H19NO3. The average molecular weight is 369 g/mol. The predicted molar refractivity (Wildman–Crippen MR) is 112 cm³/mol. The van der Waals surface area contributed by atoms with Crippen LogP contribution in [0.2, 0.25) is 0 Å². The lowest BCUT2D eigenvalue weighted by molar-refractivity contribution is 0.0602. The fourth-order valence-electron chi connectivity index (χ4n) is 3.01. The summed E-state index contributed by atoms with van der Waals surface area (Å²) in [5.41, 5.74) is 2.03. The number of methoxy groups -OCH3 is 1. The highest BCUT2D eigenvalue weighted by Gasteiger charge is 2.11. The van der Waals surface area contributed by atoms with Crippen molar-refractivity contribution >= 4 is 28.1 Å². The number of carbonyl (C=O) groups excluding carboxylic acids is 1. The van der Waals surface area contributed by atoms with Gasteiger partial charge in [-0.2, -0.15) is 0 Å². The summed E-state index contributed by atoms with van der Waals surface area (Å²) in [6.07, 6.45) is 0. The first kappa shape index (κ1) is 17.6. The second-order valence-electron chi connectivity index (χ2n) is 6.30. The van der Waals surface area contributed by atoms with Gasteiger partial charge in [-0.25, -0.2) is 4.79 Å². The molecule has 0 aliphatic heterocycles. The van der Waals surface area contributed by atoms with Crippen molar-refractivity contribution in [3.63, 3.8) is 0 Å². The maximum atomic E-state index is 11.9. The van der Waals surface area contributed by atoms with Crippen molar-refractivity contribution in [2.45, 2.75) is 0 Å². The number of hydrogen-bond acceptors (Lipinski definition) is 4. The third-order valence-corrected chi connectivity index (χ3v) is 4.42. The van der Waals surface area contributed by atoms with E-state index in [1.54, 1.807) is 12.1 Å². The molecule has 4 aromatic carbocycles. The van der Waals surface area contributed by atoms with E-state index in [1.165, 1.54) is 12.5 Å². The van der Waals surface area contributed by atoms with Crippen molar-refractivity contribution in [2.75, 3.05) is 12.4 Å². The molecule has 0 saturated carbocycles. The van der Waals surface area contributed by atoms with Gasteiger partial charge in [0, 0.05) is 5.69 Å². The molecule has 0 saturated heterocycles. The van der Waals surface area contributed by atoms with Gasteiger partial charge in [-0.05, 0) is 59.3 Å². The molecule has 4 heteroatoms. The van der Waals surface area contributed by atoms with Gasteiger partial charge >= 0.3 is 5.97 Å². The number of nitrogens with one attached hydrogen (secondary N) is 1. The number of ether oxygens (including phenoxy) is 2. The minimum absolute atomic E-state index is 0.376. The van der Waals surface area contributed by atoms with E-state index in [0.29, 0.717) is 11.3 Å². The molecule has 0 aliphatic rings. The molecule has 4 aromatic rings. The van der Waals surface area contributed by atoms with Crippen LogP contribution in [0, 0.1) is 0 Å². The molecule has 138 valence electrons. The highest BCUT2D eigenvalue weighted by Crippen LogP contribution is 2.28. The Kier molecular flexibility index (Phi) is 4.93. The largest absolute Gasteiger partial charge is 0.465 e. The molecule has 0 heterocycles. The van der Waals surface area contributed by atoms with Crippen LogP contribution in [0.25, 0.3) is 10.8 Å². The van der Waals surface area contributed by atoms with Crippen molar-refractivity contribution in [3.8, 4) is 11.5 Å². The Morgan fingerprint density at radius 3 is 2.21 bits per heavy atom. The second kappa shape index (κ2) is 7.84. The summed E-state index contributed by atoms with van der Waals surface area (Å²) in [4.78, 5) is 11.9. The van der Waals surface area contributed by atoms with Crippen LogP contribution in [0.1, 0.15) is 10.4 Å². The molecule has 0 bridgehead atoms. The van der Waals surface area contributed by atoms with E-state index in [9.17, 15) is 4.79 Å². The maximum Gasteiger partial charge on any atom is 0.339 e. The van der Waals surface area contributed by atoms with E-state index in [0.717, 1.165) is 22.6 Å². The molecule has 0 fully saturated rings. The van der Waals surface area contributed by atoms with Gasteiger partial charge in [0.2, 0.25) is 0 Å². The van der Waals surface area contributed by atoms with Gasteiger partial charge in [-0.3, -0.25) is 0 Å². The van der Waals surface area contributed by atoms with Gasteiger partial charge in [-0.1, -0.05) is 42.5 Å². The fourth-order valence-corrected chi connectivity index (χ4v) is 3.01. The summed E-state index contributed by atoms with van der Waals surface area (Å²) in [5, 5.41) is 5.56. The standard InChI is InChI=1S/C24H19NO3/c1-27-24(26)22-8-4-5-9-23(22)25-19-11-14-20(15-12-19)28-21-13-10-17-6-2-3-7-18(17)16-21/h2-16,25H,1H3. The van der Waals surface area contributed by atoms with Gasteiger partial charge in [0.15, 0.2) is 0 Å². The number of carbonyl (C=O) groups is 1. The van der Waals surface area contributed by atoms with Gasteiger partial charge in [0.25, 0.3) is 0 Å². The SMILES string of the molecule is COC(=O)c1ccccc1Nc1ccc(Oc2ccc3ccccc3c2)cc1. The lowest BCUT2D eigenvalue weighted by Gasteiger charge is -2.12. The van der Waals surface area contributed by atoms with E-state index in [4.69, 9.17) is 9.47 Å². The van der Waals surface area contributed by atoms with Gasteiger partial charge < -0.3 is 14.8 Å². The van der Waals surface area contributed by atoms with Crippen molar-refractivity contribution in [1.29, 1.82) is 0 Å². The molecule has 0 unspecified atom stereocenters. The van der Waals surface area contributed by atoms with Crippen LogP contribution in [-0.4, -0.2) is 13.1 Å². The first-order chi connectivity index (χ1) is 13.7. The van der Waals surface area contributed by atoms with E-state index in [2.05, 4.69) is 17.4 Å². The molecule has 0 aliphatic carbocycles. The molecule has 28 heavy (non-hydrogen) atoms. The first-order valence-electron chi connectivity index (χ1n) is 8.94. The zero-order valence-corrected chi connectivity index (χ0v) is 15.4. The Morgan fingerprint density at radius 1 is 0.750 bits per heavy atom. The number of hydrogen-bond donors (Lipinski definition) is 1. The molecule has 0 aromatic heterocycles. The quantitative estimate of drug-likeness (QED) is 0.428. The van der Waals surface area contributed by atoms with Gasteiger partial charge in [-0.15, -0.1) is 0 Å². The lowest BCUT2D eigenvalue weighted by atomic mass is 10.1. The summed E-state index contributed by atoms with van der Waals surface area (Å²) in [6.45, 7) is 0. The summed E-state index contributed by atoms with van der Waals surface area (Å²) >= 11 is 0. The molecule has 0 atom stereocenters. The average Bonchev–Trinajstić information content (AvgIpc) is 2.75. The Hall–Kier alpha value is -3.79. The molecule has 0 radical (unpaired) electrons. The molecule has 1 N–H and O–H groups in total. The van der Waals surface area contributed by atoms with E-state index in [-0.39, 0.29) is 5.97 Å². The van der Waals surface area contributed by atoms with Crippen LogP contribution in [0.15, 0.2) is 91.0 Å². The Bertz CT molecular complexity index is 1120. The number of benzene rings is 4. The number of para-hydroxylation sites is 1. The first-order valence-corrected chi connectivity index (χ1v) is 8.94. The smallest absolute Gasteiger partial charge is 0.339 e. The second-order valence-corrected chi connectivity index (χ2v) is 6.30. The minimum Gasteiger partial charge on any atom is -0.465 e. The van der Waals surface area contributed by atoms with Crippen LogP contribution in [-0.2, 0) is 4.74 Å². The summed E-state index contributed by atoms with van der Waals surface area (Å²) < 4.78 is 10.8. The summed E-state index contributed by atoms with van der Waals surface area (Å²) in [7, 11) is 1.37. The van der Waals surface area contributed by atoms with Gasteiger partial charge in [0.1, 0.15) is 11.5 Å². The zero-order chi connectivity index (χ0) is 19.3. The van der Waals surface area contributed by atoms with E-state index >= 15 is 0 Å². The van der Waals surface area contributed by atoms with Gasteiger partial charge in [0.05, 0.1) is 18.4 Å². The summed E-state index contributed by atoms with van der Waals surface area (Å²) in [6, 6.07) is 29.0. The molecular weight excluding hydrogens is 350 g/mol. The number of anilines is 2. The van der Waals surface area contributed by atoms with Crippen molar-refractivity contribution in [3.05, 3.63) is 96.6 Å². The number of fused-ring (bicyclic) bond motifs is 1. The zero-order valence-electron chi connectivity index (χ0n) is 15.4. The molecule has 4 nitrogen and oxygen atoms in total. The van der Waals surface area contributed by atoms with Crippen molar-refractivity contribution in [2.24, 2.45) is 0 Å². The predicted octanol–water partition coefficient (Wildman–Crippen LogP) is 6.16. The van der Waals surface area contributed by atoms with Crippen LogP contribution < -0.4 is 10.1 Å². The van der Waals surface area contributed by atoms with E-state index < -0.39 is 0 Å². The Morgan fingerprint density at radius 2 is 1.43 bits per heavy atom. The molecule has 0 spiro atoms. The lowest BCUT2D eigenvalue weighted by Crippen LogP contribution is -2.05. The third-order valence-electron chi connectivity index (χ3n) is 4.42. The third kappa shape index (κ3) is 3.81. The van der Waals surface area contributed by atoms with Crippen molar-refractivity contribution in [1.82, 2.24) is 0 Å². The Labute approximate surface area is 163 Å². The van der Waals surface area contributed by atoms with Crippen LogP contribution in [0.3, 0.4) is 0 Å². The monoisotopic (exact) mass is 369 g/mol. The highest BCUT2D eigenvalue weighted by molar-refractivity contribution is 5.96. The van der Waals surface area contributed by atoms with Crippen LogP contribution in [0.4, 0.5) is 11.4 Å². The molecule has 4 rings (SSSR count). The number of rotatable bonds is 5. The maximum absolute atomic E-state index is 11.9. The van der Waals surface area contributed by atoms with Crippen LogP contribution in [0.5, 0.6) is 11.5 Å². The van der Waals surface area contributed by atoms with Crippen molar-refractivity contribution < 1.29 is 14.3 Å². The summed E-state index contributed by atoms with van der Waals surface area (Å²) in [5.74, 6) is 1.15. The number of esters is 1. The van der Waals surface area contributed by atoms with E-state index in [1.807, 2.05) is 66.7 Å². The Balaban J connectivity index is 1.50. The normalized spacial score (nSPS) is 10.5. The fraction of sp³-hybridized carbons (Fsp3) is 0.0417.